The zero-order chi connectivity index (χ0) is 20.9. The molecular weight excluding hydrogens is 396 g/mol. The predicted octanol–water partition coefficient (Wildman–Crippen LogP) is 2.98. The monoisotopic (exact) mass is 418 g/mol. The van der Waals surface area contributed by atoms with Gasteiger partial charge in [-0.15, -0.1) is 0 Å². The molecule has 5 nitrogen and oxygen atoms in total. The maximum atomic E-state index is 13.0. The minimum atomic E-state index is -3.69. The first-order valence-electron chi connectivity index (χ1n) is 10.00. The van der Waals surface area contributed by atoms with Gasteiger partial charge in [-0.2, -0.15) is 0 Å². The van der Waals surface area contributed by atoms with E-state index < -0.39 is 10.0 Å². The number of amides is 1. The average molecular weight is 419 g/mol. The molecule has 6 heteroatoms. The molecule has 1 spiro atoms. The molecule has 0 radical (unpaired) electrons. The highest BCUT2D eigenvalue weighted by atomic mass is 32.2. The topological polar surface area (TPSA) is 89.3 Å². The summed E-state index contributed by atoms with van der Waals surface area (Å²) in [7, 11) is -3.69. The molecule has 0 aliphatic heterocycles. The quantitative estimate of drug-likeness (QED) is 0.668. The Bertz CT molecular complexity index is 1200. The Balaban J connectivity index is 1.28. The second-order valence-corrected chi connectivity index (χ2v) is 9.61. The van der Waals surface area contributed by atoms with Gasteiger partial charge in [-0.3, -0.25) is 4.79 Å². The van der Waals surface area contributed by atoms with Crippen LogP contribution < -0.4 is 10.5 Å². The van der Waals surface area contributed by atoms with Crippen molar-refractivity contribution >= 4 is 15.9 Å². The van der Waals surface area contributed by atoms with E-state index in [0.29, 0.717) is 13.0 Å². The molecular formula is C24H22N2O3S. The van der Waals surface area contributed by atoms with Gasteiger partial charge in [-0.05, 0) is 52.8 Å². The van der Waals surface area contributed by atoms with Gasteiger partial charge in [0.2, 0.25) is 15.9 Å². The van der Waals surface area contributed by atoms with Crippen molar-refractivity contribution < 1.29 is 13.2 Å². The number of carbonyl (C=O) groups excluding carboxylic acids is 1. The van der Waals surface area contributed by atoms with E-state index in [-0.39, 0.29) is 22.1 Å². The first kappa shape index (κ1) is 19.0. The molecule has 30 heavy (non-hydrogen) atoms. The fourth-order valence-electron chi connectivity index (χ4n) is 4.83. The molecule has 1 amide bonds. The zero-order valence-electron chi connectivity index (χ0n) is 16.3. The van der Waals surface area contributed by atoms with Gasteiger partial charge in [0.15, 0.2) is 0 Å². The van der Waals surface area contributed by atoms with Crippen LogP contribution in [0.4, 0.5) is 0 Å². The summed E-state index contributed by atoms with van der Waals surface area (Å²) in [5.41, 5.74) is 5.73. The first-order valence-corrected chi connectivity index (χ1v) is 11.5. The molecule has 3 aromatic rings. The van der Waals surface area contributed by atoms with Crippen LogP contribution in [0.15, 0.2) is 77.7 Å². The Labute approximate surface area is 176 Å². The lowest BCUT2D eigenvalue weighted by Crippen LogP contribution is -2.30. The average Bonchev–Trinajstić information content (AvgIpc) is 3.43. The molecule has 2 aliphatic rings. The highest BCUT2D eigenvalue weighted by Gasteiger charge is 2.63. The molecule has 1 unspecified atom stereocenters. The Morgan fingerprint density at radius 3 is 2.07 bits per heavy atom. The lowest BCUT2D eigenvalue weighted by molar-refractivity contribution is -0.122. The SMILES string of the molecule is NS(=O)(=O)c1ccc(CCNC(=O)C2CC23c2ccccc2-c2ccccc23)cc1. The van der Waals surface area contributed by atoms with Crippen molar-refractivity contribution in [1.29, 1.82) is 0 Å². The number of hydrogen-bond donors (Lipinski definition) is 2. The Morgan fingerprint density at radius 2 is 1.50 bits per heavy atom. The normalized spacial score (nSPS) is 18.0. The number of carbonyl (C=O) groups is 1. The smallest absolute Gasteiger partial charge is 0.238 e. The van der Waals surface area contributed by atoms with Crippen molar-refractivity contribution in [3.63, 3.8) is 0 Å². The van der Waals surface area contributed by atoms with Crippen LogP contribution in [0.5, 0.6) is 0 Å². The van der Waals surface area contributed by atoms with E-state index >= 15 is 0 Å². The molecule has 0 aromatic heterocycles. The number of hydrogen-bond acceptors (Lipinski definition) is 3. The van der Waals surface area contributed by atoms with E-state index in [1.165, 1.54) is 34.4 Å². The van der Waals surface area contributed by atoms with Gasteiger partial charge in [-0.25, -0.2) is 13.6 Å². The summed E-state index contributed by atoms with van der Waals surface area (Å²) in [5.74, 6) is 0.00900. The van der Waals surface area contributed by atoms with Gasteiger partial charge in [0.25, 0.3) is 0 Å². The molecule has 2 aliphatic carbocycles. The summed E-state index contributed by atoms with van der Waals surface area (Å²) < 4.78 is 22.7. The number of benzene rings is 3. The zero-order valence-corrected chi connectivity index (χ0v) is 17.2. The molecule has 152 valence electrons. The third kappa shape index (κ3) is 2.95. The van der Waals surface area contributed by atoms with Gasteiger partial charge in [-0.1, -0.05) is 60.7 Å². The van der Waals surface area contributed by atoms with Gasteiger partial charge < -0.3 is 5.32 Å². The van der Waals surface area contributed by atoms with Crippen molar-refractivity contribution in [1.82, 2.24) is 5.32 Å². The van der Waals surface area contributed by atoms with Gasteiger partial charge in [0, 0.05) is 12.0 Å². The van der Waals surface area contributed by atoms with Crippen molar-refractivity contribution in [2.75, 3.05) is 6.54 Å². The molecule has 3 N–H and O–H groups in total. The fraction of sp³-hybridized carbons (Fsp3) is 0.208. The lowest BCUT2D eigenvalue weighted by Gasteiger charge is -2.14. The highest BCUT2D eigenvalue weighted by molar-refractivity contribution is 7.89. The van der Waals surface area contributed by atoms with Crippen LogP contribution in [-0.2, 0) is 26.7 Å². The van der Waals surface area contributed by atoms with Gasteiger partial charge in [0.1, 0.15) is 0 Å². The number of nitrogens with one attached hydrogen (secondary N) is 1. The fourth-order valence-corrected chi connectivity index (χ4v) is 5.35. The minimum Gasteiger partial charge on any atom is -0.355 e. The van der Waals surface area contributed by atoms with E-state index in [4.69, 9.17) is 5.14 Å². The highest BCUT2D eigenvalue weighted by Crippen LogP contribution is 2.66. The number of fused-ring (bicyclic) bond motifs is 5. The summed E-state index contributed by atoms with van der Waals surface area (Å²) in [6.07, 6.45) is 1.46. The summed E-state index contributed by atoms with van der Waals surface area (Å²) >= 11 is 0. The maximum Gasteiger partial charge on any atom is 0.238 e. The van der Waals surface area contributed by atoms with Crippen LogP contribution in [0.25, 0.3) is 11.1 Å². The van der Waals surface area contributed by atoms with E-state index in [1.807, 2.05) is 24.3 Å². The molecule has 3 aromatic carbocycles. The lowest BCUT2D eigenvalue weighted by atomic mass is 9.90. The van der Waals surface area contributed by atoms with E-state index in [2.05, 4.69) is 29.6 Å². The molecule has 1 fully saturated rings. The Hall–Kier alpha value is -2.96. The van der Waals surface area contributed by atoms with E-state index in [1.54, 1.807) is 12.1 Å². The number of rotatable bonds is 5. The molecule has 1 saturated carbocycles. The van der Waals surface area contributed by atoms with Crippen LogP contribution in [0.3, 0.4) is 0 Å². The Kier molecular flexibility index (Phi) is 4.31. The van der Waals surface area contributed by atoms with Crippen molar-refractivity contribution in [3.05, 3.63) is 89.5 Å². The summed E-state index contributed by atoms with van der Waals surface area (Å²) in [6.45, 7) is 0.503. The van der Waals surface area contributed by atoms with Crippen LogP contribution in [0, 0.1) is 5.92 Å². The second-order valence-electron chi connectivity index (χ2n) is 8.05. The molecule has 0 saturated heterocycles. The Morgan fingerprint density at radius 1 is 0.933 bits per heavy atom. The maximum absolute atomic E-state index is 13.0. The largest absolute Gasteiger partial charge is 0.355 e. The first-order chi connectivity index (χ1) is 14.4. The summed E-state index contributed by atoms with van der Waals surface area (Å²) in [5, 5.41) is 8.20. The van der Waals surface area contributed by atoms with Crippen molar-refractivity contribution in [3.8, 4) is 11.1 Å². The molecule has 5 rings (SSSR count). The van der Waals surface area contributed by atoms with Gasteiger partial charge >= 0.3 is 0 Å². The predicted molar refractivity (Wildman–Crippen MR) is 115 cm³/mol. The van der Waals surface area contributed by atoms with Crippen LogP contribution in [-0.4, -0.2) is 20.9 Å². The number of sulfonamides is 1. The number of nitrogens with two attached hydrogens (primary N) is 1. The van der Waals surface area contributed by atoms with E-state index in [9.17, 15) is 13.2 Å². The minimum absolute atomic E-state index is 0.0629. The summed E-state index contributed by atoms with van der Waals surface area (Å²) in [4.78, 5) is 13.0. The number of primary sulfonamides is 1. The molecule has 0 bridgehead atoms. The van der Waals surface area contributed by atoms with Crippen LogP contribution in [0.2, 0.25) is 0 Å². The second kappa shape index (κ2) is 6.79. The van der Waals surface area contributed by atoms with Gasteiger partial charge in [0.05, 0.1) is 10.8 Å². The standard InChI is InChI=1S/C24H22N2O3S/c25-30(28,29)17-11-9-16(10-12-17)13-14-26-23(27)22-15-24(22)20-7-3-1-5-18(20)19-6-2-4-8-21(19)24/h1-12,22H,13-15H2,(H,26,27)(H2,25,28,29). The third-order valence-electron chi connectivity index (χ3n) is 6.35. The summed E-state index contributed by atoms with van der Waals surface area (Å²) in [6, 6.07) is 23.2. The molecule has 1 atom stereocenters. The van der Waals surface area contributed by atoms with Crippen molar-refractivity contribution in [2.24, 2.45) is 11.1 Å². The third-order valence-corrected chi connectivity index (χ3v) is 7.28. The van der Waals surface area contributed by atoms with E-state index in [0.717, 1.165) is 12.0 Å². The van der Waals surface area contributed by atoms with Crippen LogP contribution >= 0.6 is 0 Å². The van der Waals surface area contributed by atoms with Crippen molar-refractivity contribution in [2.45, 2.75) is 23.2 Å². The molecule has 0 heterocycles. The van der Waals surface area contributed by atoms with Crippen LogP contribution in [0.1, 0.15) is 23.1 Å².